The third-order valence-electron chi connectivity index (χ3n) is 3.42. The summed E-state index contributed by atoms with van der Waals surface area (Å²) in [6.45, 7) is 4.81. The third-order valence-corrected chi connectivity index (χ3v) is 3.42. The Balaban J connectivity index is 2.01. The fraction of sp³-hybridized carbons (Fsp3) is 0.600. The summed E-state index contributed by atoms with van der Waals surface area (Å²) in [6.07, 6.45) is 2.39. The molecule has 2 rings (SSSR count). The third kappa shape index (κ3) is 3.39. The van der Waals surface area contributed by atoms with Gasteiger partial charge in [-0.15, -0.1) is 0 Å². The second kappa shape index (κ2) is 6.10. The summed E-state index contributed by atoms with van der Waals surface area (Å²) in [5.41, 5.74) is 0. The summed E-state index contributed by atoms with van der Waals surface area (Å²) in [5.74, 6) is 2.21. The van der Waals surface area contributed by atoms with Crippen molar-refractivity contribution in [2.24, 2.45) is 5.92 Å². The van der Waals surface area contributed by atoms with Crippen LogP contribution in [0.4, 0.5) is 0 Å². The first-order chi connectivity index (χ1) is 8.69. The predicted octanol–water partition coefficient (Wildman–Crippen LogP) is 3.01. The average Bonchev–Trinajstić information content (AvgIpc) is 2.35. The zero-order valence-electron chi connectivity index (χ0n) is 11.1. The van der Waals surface area contributed by atoms with E-state index >= 15 is 0 Å². The first kappa shape index (κ1) is 13.2. The molecule has 0 amide bonds. The molecule has 100 valence electrons. The molecule has 0 radical (unpaired) electrons. The van der Waals surface area contributed by atoms with Gasteiger partial charge in [0.05, 0.1) is 12.7 Å². The monoisotopic (exact) mass is 250 g/mol. The summed E-state index contributed by atoms with van der Waals surface area (Å²) in [4.78, 5) is 0. The molecule has 1 saturated carbocycles. The van der Waals surface area contributed by atoms with Crippen LogP contribution in [-0.4, -0.2) is 23.9 Å². The molecule has 3 atom stereocenters. The molecule has 0 heterocycles. The smallest absolute Gasteiger partial charge is 0.125 e. The molecule has 18 heavy (non-hydrogen) atoms. The Morgan fingerprint density at radius 1 is 1.28 bits per heavy atom. The van der Waals surface area contributed by atoms with Gasteiger partial charge in [-0.1, -0.05) is 13.0 Å². The molecular weight excluding hydrogens is 228 g/mol. The second-order valence-corrected chi connectivity index (χ2v) is 5.05. The number of benzene rings is 1. The Bertz CT molecular complexity index is 378. The first-order valence-electron chi connectivity index (χ1n) is 6.76. The van der Waals surface area contributed by atoms with Gasteiger partial charge in [-0.3, -0.25) is 0 Å². The van der Waals surface area contributed by atoms with Gasteiger partial charge in [0.15, 0.2) is 0 Å². The number of rotatable bonds is 4. The van der Waals surface area contributed by atoms with Crippen molar-refractivity contribution in [2.45, 2.75) is 45.3 Å². The molecule has 1 aliphatic rings. The Morgan fingerprint density at radius 2 is 2.06 bits per heavy atom. The topological polar surface area (TPSA) is 38.7 Å². The maximum Gasteiger partial charge on any atom is 0.125 e. The van der Waals surface area contributed by atoms with Gasteiger partial charge in [-0.2, -0.15) is 0 Å². The van der Waals surface area contributed by atoms with Gasteiger partial charge in [0.25, 0.3) is 0 Å². The van der Waals surface area contributed by atoms with Crippen LogP contribution >= 0.6 is 0 Å². The highest BCUT2D eigenvalue weighted by Gasteiger charge is 2.28. The molecule has 0 spiro atoms. The van der Waals surface area contributed by atoms with Crippen molar-refractivity contribution in [1.82, 2.24) is 0 Å². The van der Waals surface area contributed by atoms with E-state index in [0.29, 0.717) is 12.5 Å². The highest BCUT2D eigenvalue weighted by Crippen LogP contribution is 2.29. The Morgan fingerprint density at radius 3 is 2.83 bits per heavy atom. The highest BCUT2D eigenvalue weighted by molar-refractivity contribution is 5.33. The lowest BCUT2D eigenvalue weighted by Crippen LogP contribution is -2.37. The van der Waals surface area contributed by atoms with Crippen molar-refractivity contribution in [3.8, 4) is 11.5 Å². The minimum Gasteiger partial charge on any atom is -0.494 e. The molecular formula is C15H22O3. The van der Waals surface area contributed by atoms with Crippen molar-refractivity contribution in [2.75, 3.05) is 6.61 Å². The van der Waals surface area contributed by atoms with Gasteiger partial charge in [-0.05, 0) is 44.2 Å². The van der Waals surface area contributed by atoms with E-state index < -0.39 is 0 Å². The van der Waals surface area contributed by atoms with E-state index in [-0.39, 0.29) is 12.2 Å². The maximum atomic E-state index is 9.96. The van der Waals surface area contributed by atoms with Gasteiger partial charge in [0, 0.05) is 6.07 Å². The normalized spacial score (nSPS) is 27.8. The minimum absolute atomic E-state index is 0.0920. The molecule has 0 aromatic heterocycles. The van der Waals surface area contributed by atoms with Crippen LogP contribution in [0.15, 0.2) is 24.3 Å². The Labute approximate surface area is 109 Å². The number of hydrogen-bond donors (Lipinski definition) is 1. The molecule has 0 bridgehead atoms. The maximum absolute atomic E-state index is 9.96. The Kier molecular flexibility index (Phi) is 4.48. The highest BCUT2D eigenvalue weighted by atomic mass is 16.5. The van der Waals surface area contributed by atoms with Gasteiger partial charge in [0.2, 0.25) is 0 Å². The zero-order chi connectivity index (χ0) is 13.0. The summed E-state index contributed by atoms with van der Waals surface area (Å²) in [5, 5.41) is 9.96. The van der Waals surface area contributed by atoms with Gasteiger partial charge in [-0.25, -0.2) is 0 Å². The van der Waals surface area contributed by atoms with E-state index in [1.54, 1.807) is 0 Å². The molecule has 1 fully saturated rings. The summed E-state index contributed by atoms with van der Waals surface area (Å²) in [7, 11) is 0. The quantitative estimate of drug-likeness (QED) is 0.892. The van der Waals surface area contributed by atoms with Crippen molar-refractivity contribution in [3.05, 3.63) is 24.3 Å². The van der Waals surface area contributed by atoms with Gasteiger partial charge >= 0.3 is 0 Å². The molecule has 0 aliphatic heterocycles. The predicted molar refractivity (Wildman–Crippen MR) is 71.0 cm³/mol. The van der Waals surface area contributed by atoms with E-state index in [1.165, 1.54) is 0 Å². The largest absolute Gasteiger partial charge is 0.494 e. The van der Waals surface area contributed by atoms with Crippen molar-refractivity contribution in [3.63, 3.8) is 0 Å². The first-order valence-corrected chi connectivity index (χ1v) is 6.76. The summed E-state index contributed by atoms with van der Waals surface area (Å²) >= 11 is 0. The molecule has 3 nitrogen and oxygen atoms in total. The second-order valence-electron chi connectivity index (χ2n) is 5.05. The summed E-state index contributed by atoms with van der Waals surface area (Å²) < 4.78 is 11.3. The van der Waals surface area contributed by atoms with Crippen LogP contribution in [0, 0.1) is 5.92 Å². The molecule has 1 aliphatic carbocycles. The number of hydrogen-bond acceptors (Lipinski definition) is 3. The average molecular weight is 250 g/mol. The van der Waals surface area contributed by atoms with Gasteiger partial charge in [0.1, 0.15) is 17.6 Å². The van der Waals surface area contributed by atoms with Crippen LogP contribution in [0.2, 0.25) is 0 Å². The van der Waals surface area contributed by atoms with Crippen LogP contribution in [0.1, 0.15) is 33.1 Å². The fourth-order valence-corrected chi connectivity index (χ4v) is 2.42. The van der Waals surface area contributed by atoms with Crippen LogP contribution in [0.3, 0.4) is 0 Å². The van der Waals surface area contributed by atoms with Crippen LogP contribution in [0.25, 0.3) is 0 Å². The molecule has 3 heteroatoms. The molecule has 1 aromatic rings. The number of ether oxygens (including phenoxy) is 2. The van der Waals surface area contributed by atoms with Crippen LogP contribution in [-0.2, 0) is 0 Å². The van der Waals surface area contributed by atoms with E-state index in [1.807, 2.05) is 31.2 Å². The van der Waals surface area contributed by atoms with E-state index in [0.717, 1.165) is 30.8 Å². The van der Waals surface area contributed by atoms with Crippen molar-refractivity contribution < 1.29 is 14.6 Å². The fourth-order valence-electron chi connectivity index (χ4n) is 2.42. The van der Waals surface area contributed by atoms with Crippen molar-refractivity contribution in [1.29, 1.82) is 0 Å². The lowest BCUT2D eigenvalue weighted by atomic mass is 9.86. The molecule has 1 N–H and O–H groups in total. The van der Waals surface area contributed by atoms with Crippen molar-refractivity contribution >= 4 is 0 Å². The van der Waals surface area contributed by atoms with Crippen LogP contribution in [0.5, 0.6) is 11.5 Å². The van der Waals surface area contributed by atoms with E-state index in [4.69, 9.17) is 9.47 Å². The van der Waals surface area contributed by atoms with Gasteiger partial charge < -0.3 is 14.6 Å². The zero-order valence-corrected chi connectivity index (χ0v) is 11.1. The lowest BCUT2D eigenvalue weighted by molar-refractivity contribution is -0.00767. The Hall–Kier alpha value is -1.22. The lowest BCUT2D eigenvalue weighted by Gasteiger charge is -2.31. The molecule has 3 unspecified atom stereocenters. The number of aliphatic hydroxyl groups excluding tert-OH is 1. The molecule has 0 saturated heterocycles. The minimum atomic E-state index is -0.350. The standard InChI is InChI=1S/C15H22O3/c1-3-17-12-5-4-6-13(10-12)18-15-9-11(2)7-8-14(15)16/h4-6,10-11,14-16H,3,7-9H2,1-2H3. The molecule has 1 aromatic carbocycles. The van der Waals surface area contributed by atoms with E-state index in [2.05, 4.69) is 6.92 Å². The SMILES string of the molecule is CCOc1cccc(OC2CC(C)CCC2O)c1. The summed E-state index contributed by atoms with van der Waals surface area (Å²) in [6, 6.07) is 7.62. The van der Waals surface area contributed by atoms with E-state index in [9.17, 15) is 5.11 Å². The van der Waals surface area contributed by atoms with Crippen LogP contribution < -0.4 is 9.47 Å². The number of aliphatic hydroxyl groups is 1.